The molecule has 0 heterocycles. The Kier molecular flexibility index (Phi) is 6.45. The van der Waals surface area contributed by atoms with Gasteiger partial charge < -0.3 is 10.2 Å². The Labute approximate surface area is 144 Å². The van der Waals surface area contributed by atoms with E-state index >= 15 is 0 Å². The summed E-state index contributed by atoms with van der Waals surface area (Å²) < 4.78 is 13.8. The van der Waals surface area contributed by atoms with Gasteiger partial charge in [0.2, 0.25) is 0 Å². The highest BCUT2D eigenvalue weighted by Gasteiger charge is 2.15. The molecular weight excluding hydrogens is 335 g/mol. The molecule has 1 amide bonds. The molecule has 0 aromatic heterocycles. The van der Waals surface area contributed by atoms with Crippen molar-refractivity contribution in [2.75, 3.05) is 25.2 Å². The Morgan fingerprint density at radius 3 is 2.74 bits per heavy atom. The molecule has 0 aliphatic carbocycles. The van der Waals surface area contributed by atoms with Gasteiger partial charge in [0.05, 0.1) is 17.6 Å². The Morgan fingerprint density at radius 1 is 1.30 bits per heavy atom. The van der Waals surface area contributed by atoms with Crippen molar-refractivity contribution in [3.8, 4) is 0 Å². The maximum atomic E-state index is 13.8. The fraction of sp³-hybridized carbons (Fsp3) is 0.235. The van der Waals surface area contributed by atoms with Crippen molar-refractivity contribution >= 4 is 35.0 Å². The first-order valence-corrected chi connectivity index (χ1v) is 8.78. The minimum Gasteiger partial charge on any atom is -0.326 e. The number of amides is 1. The first-order valence-electron chi connectivity index (χ1n) is 7.17. The number of likely N-dealkylation sites (N-methyl/N-ethyl adjacent to an activating group) is 1. The van der Waals surface area contributed by atoms with Crippen molar-refractivity contribution in [2.24, 2.45) is 0 Å². The molecule has 0 aliphatic heterocycles. The van der Waals surface area contributed by atoms with Crippen LogP contribution in [0, 0.1) is 5.82 Å². The number of anilines is 1. The minimum atomic E-state index is -0.343. The van der Waals surface area contributed by atoms with E-state index in [2.05, 4.69) is 5.32 Å². The Bertz CT molecular complexity index is 676. The molecule has 2 aromatic carbocycles. The average Bonchev–Trinajstić information content (AvgIpc) is 2.51. The molecule has 0 bridgehead atoms. The van der Waals surface area contributed by atoms with Crippen LogP contribution in [-0.2, 0) is 11.3 Å². The number of carbonyl (C=O) groups is 1. The van der Waals surface area contributed by atoms with Crippen molar-refractivity contribution in [3.05, 3.63) is 58.9 Å². The normalized spacial score (nSPS) is 12.0. The van der Waals surface area contributed by atoms with E-state index in [0.717, 1.165) is 15.5 Å². The van der Waals surface area contributed by atoms with E-state index in [9.17, 15) is 9.18 Å². The number of quaternary nitrogens is 1. The van der Waals surface area contributed by atoms with E-state index < -0.39 is 0 Å². The third-order valence-electron chi connectivity index (χ3n) is 3.36. The smallest absolute Gasteiger partial charge is 0.279 e. The van der Waals surface area contributed by atoms with Crippen LogP contribution in [0.25, 0.3) is 0 Å². The summed E-state index contributed by atoms with van der Waals surface area (Å²) in [4.78, 5) is 14.1. The highest BCUT2D eigenvalue weighted by Crippen LogP contribution is 2.19. The van der Waals surface area contributed by atoms with E-state index in [4.69, 9.17) is 11.6 Å². The first-order chi connectivity index (χ1) is 11.0. The standard InChI is InChI=1S/C17H18ClFN2OS/c1-21(10-14-15(18)7-4-8-16(14)19)11-17(22)20-12-5-3-6-13(9-12)23-2/h3-9H,10-11H2,1-2H3,(H,20,22)/p+1. The number of carbonyl (C=O) groups excluding carboxylic acids is 1. The summed E-state index contributed by atoms with van der Waals surface area (Å²) >= 11 is 7.63. The summed E-state index contributed by atoms with van der Waals surface area (Å²) in [5, 5.41) is 3.25. The molecule has 6 heteroatoms. The lowest BCUT2D eigenvalue weighted by Crippen LogP contribution is -3.08. The zero-order chi connectivity index (χ0) is 16.8. The first kappa shape index (κ1) is 17.8. The van der Waals surface area contributed by atoms with Crippen molar-refractivity contribution < 1.29 is 14.1 Å². The lowest BCUT2D eigenvalue weighted by molar-refractivity contribution is -0.885. The molecule has 0 spiro atoms. The van der Waals surface area contributed by atoms with Gasteiger partial charge in [0, 0.05) is 10.6 Å². The predicted octanol–water partition coefficient (Wildman–Crippen LogP) is 2.85. The summed E-state index contributed by atoms with van der Waals surface area (Å²) in [6.07, 6.45) is 1.98. The van der Waals surface area contributed by atoms with Crippen LogP contribution < -0.4 is 10.2 Å². The summed E-state index contributed by atoms with van der Waals surface area (Å²) in [5.74, 6) is -0.460. The van der Waals surface area contributed by atoms with Gasteiger partial charge in [-0.3, -0.25) is 4.79 Å². The number of hydrogen-bond donors (Lipinski definition) is 2. The molecule has 2 aromatic rings. The molecule has 0 radical (unpaired) electrons. The highest BCUT2D eigenvalue weighted by atomic mass is 35.5. The molecule has 0 saturated carbocycles. The van der Waals surface area contributed by atoms with Gasteiger partial charge >= 0.3 is 0 Å². The second-order valence-corrected chi connectivity index (χ2v) is 6.58. The van der Waals surface area contributed by atoms with E-state index in [1.165, 1.54) is 6.07 Å². The number of benzene rings is 2. The SMILES string of the molecule is CSc1cccc(NC(=O)C[NH+](C)Cc2c(F)cccc2Cl)c1. The zero-order valence-electron chi connectivity index (χ0n) is 13.0. The van der Waals surface area contributed by atoms with Crippen molar-refractivity contribution in [3.63, 3.8) is 0 Å². The predicted molar refractivity (Wildman–Crippen MR) is 93.7 cm³/mol. The molecule has 1 atom stereocenters. The molecule has 3 nitrogen and oxygen atoms in total. The van der Waals surface area contributed by atoms with Crippen LogP contribution in [0.2, 0.25) is 5.02 Å². The third kappa shape index (κ3) is 5.23. The third-order valence-corrected chi connectivity index (χ3v) is 4.44. The van der Waals surface area contributed by atoms with Crippen molar-refractivity contribution in [1.29, 1.82) is 0 Å². The summed E-state index contributed by atoms with van der Waals surface area (Å²) in [7, 11) is 1.83. The fourth-order valence-corrected chi connectivity index (χ4v) is 2.93. The molecule has 0 aliphatic rings. The zero-order valence-corrected chi connectivity index (χ0v) is 14.6. The molecule has 2 N–H and O–H groups in total. The lowest BCUT2D eigenvalue weighted by Gasteiger charge is -2.15. The van der Waals surface area contributed by atoms with Gasteiger partial charge in [-0.05, 0) is 36.6 Å². The van der Waals surface area contributed by atoms with Gasteiger partial charge in [0.1, 0.15) is 12.4 Å². The maximum Gasteiger partial charge on any atom is 0.279 e. The van der Waals surface area contributed by atoms with E-state index in [-0.39, 0.29) is 18.3 Å². The topological polar surface area (TPSA) is 33.5 Å². The summed E-state index contributed by atoms with van der Waals surface area (Å²) in [6, 6.07) is 12.3. The number of nitrogens with one attached hydrogen (secondary N) is 2. The van der Waals surface area contributed by atoms with Gasteiger partial charge in [0.15, 0.2) is 6.54 Å². The number of rotatable bonds is 6. The maximum absolute atomic E-state index is 13.8. The highest BCUT2D eigenvalue weighted by molar-refractivity contribution is 7.98. The van der Waals surface area contributed by atoms with Crippen LogP contribution >= 0.6 is 23.4 Å². The molecule has 23 heavy (non-hydrogen) atoms. The van der Waals surface area contributed by atoms with Gasteiger partial charge in [-0.2, -0.15) is 0 Å². The Balaban J connectivity index is 1.94. The van der Waals surface area contributed by atoms with Gasteiger partial charge in [0.25, 0.3) is 5.91 Å². The largest absolute Gasteiger partial charge is 0.326 e. The molecule has 122 valence electrons. The lowest BCUT2D eigenvalue weighted by atomic mass is 10.2. The second kappa shape index (κ2) is 8.34. The molecule has 2 rings (SSSR count). The van der Waals surface area contributed by atoms with Crippen LogP contribution in [0.3, 0.4) is 0 Å². The Morgan fingerprint density at radius 2 is 2.04 bits per heavy atom. The minimum absolute atomic E-state index is 0.117. The van der Waals surface area contributed by atoms with Crippen molar-refractivity contribution in [1.82, 2.24) is 0 Å². The molecule has 0 fully saturated rings. The van der Waals surface area contributed by atoms with Crippen LogP contribution in [0.1, 0.15) is 5.56 Å². The monoisotopic (exact) mass is 353 g/mol. The van der Waals surface area contributed by atoms with E-state index in [0.29, 0.717) is 17.1 Å². The van der Waals surface area contributed by atoms with Gasteiger partial charge in [-0.1, -0.05) is 23.7 Å². The second-order valence-electron chi connectivity index (χ2n) is 5.29. The number of thioether (sulfide) groups is 1. The number of halogens is 2. The van der Waals surface area contributed by atoms with Gasteiger partial charge in [-0.25, -0.2) is 4.39 Å². The molecule has 0 saturated heterocycles. The number of hydrogen-bond acceptors (Lipinski definition) is 2. The van der Waals surface area contributed by atoms with Crippen LogP contribution in [0.4, 0.5) is 10.1 Å². The average molecular weight is 354 g/mol. The quantitative estimate of drug-likeness (QED) is 0.783. The summed E-state index contributed by atoms with van der Waals surface area (Å²) in [6.45, 7) is 0.581. The van der Waals surface area contributed by atoms with Crippen LogP contribution in [0.15, 0.2) is 47.4 Å². The Hall–Kier alpha value is -1.56. The van der Waals surface area contributed by atoms with Gasteiger partial charge in [-0.15, -0.1) is 11.8 Å². The van der Waals surface area contributed by atoms with Crippen molar-refractivity contribution in [2.45, 2.75) is 11.4 Å². The molecule has 1 unspecified atom stereocenters. The van der Waals surface area contributed by atoms with Crippen LogP contribution in [0.5, 0.6) is 0 Å². The summed E-state index contributed by atoms with van der Waals surface area (Å²) in [5.41, 5.74) is 1.20. The fourth-order valence-electron chi connectivity index (χ4n) is 2.25. The van der Waals surface area contributed by atoms with E-state index in [1.54, 1.807) is 23.9 Å². The van der Waals surface area contributed by atoms with Crippen LogP contribution in [-0.4, -0.2) is 25.8 Å². The van der Waals surface area contributed by atoms with E-state index in [1.807, 2.05) is 37.6 Å². The molecular formula is C17H19ClFN2OS+.